The van der Waals surface area contributed by atoms with Gasteiger partial charge < -0.3 is 21.1 Å². The summed E-state index contributed by atoms with van der Waals surface area (Å²) in [7, 11) is 0. The maximum atomic E-state index is 12.5. The van der Waals surface area contributed by atoms with Gasteiger partial charge in [0.2, 0.25) is 11.8 Å². The van der Waals surface area contributed by atoms with Crippen LogP contribution in [0.2, 0.25) is 0 Å². The summed E-state index contributed by atoms with van der Waals surface area (Å²) in [4.78, 5) is 24.1. The number of hydrogen-bond acceptors (Lipinski definition) is 4. The number of amides is 2. The van der Waals surface area contributed by atoms with Crippen LogP contribution in [0.1, 0.15) is 17.5 Å². The number of benzene rings is 2. The molecule has 2 amide bonds. The van der Waals surface area contributed by atoms with Crippen LogP contribution in [-0.4, -0.2) is 30.8 Å². The minimum absolute atomic E-state index is 0.0888. The van der Waals surface area contributed by atoms with Crippen LogP contribution in [0.3, 0.4) is 0 Å². The van der Waals surface area contributed by atoms with Gasteiger partial charge in [0.05, 0.1) is 6.54 Å². The van der Waals surface area contributed by atoms with Gasteiger partial charge in [-0.25, -0.2) is 0 Å². The van der Waals surface area contributed by atoms with E-state index in [1.54, 1.807) is 0 Å². The summed E-state index contributed by atoms with van der Waals surface area (Å²) in [5.74, 6) is -1.20. The molecular weight excluding hydrogens is 387 g/mol. The van der Waals surface area contributed by atoms with Crippen molar-refractivity contribution >= 4 is 11.8 Å². The summed E-state index contributed by atoms with van der Waals surface area (Å²) in [6.45, 7) is -0.152. The molecule has 0 heterocycles. The molecule has 0 aliphatic carbocycles. The fraction of sp³-hybridized carbons (Fsp3) is 0.300. The molecule has 6 nitrogen and oxygen atoms in total. The van der Waals surface area contributed by atoms with Gasteiger partial charge in [-0.2, -0.15) is 0 Å². The molecule has 2 rings (SSSR count). The summed E-state index contributed by atoms with van der Waals surface area (Å²) in [5, 5.41) is 5.26. The number of nitrogens with two attached hydrogens (primary N) is 1. The van der Waals surface area contributed by atoms with E-state index in [2.05, 4.69) is 15.4 Å². The van der Waals surface area contributed by atoms with Crippen molar-refractivity contribution in [2.75, 3.05) is 6.54 Å². The standard InChI is InChI=1S/C20H22F3N3O3/c21-20(22,23)29-16-9-6-15(7-10-16)13-25-19(28)17(26-18(27)12-24)11-8-14-4-2-1-3-5-14/h1-7,9-10,17H,8,11-13,24H2,(H,25,28)(H,26,27). The number of hydrogen-bond donors (Lipinski definition) is 3. The van der Waals surface area contributed by atoms with Crippen LogP contribution >= 0.6 is 0 Å². The molecule has 2 aromatic carbocycles. The zero-order valence-corrected chi connectivity index (χ0v) is 15.5. The number of aryl methyl sites for hydroxylation is 1. The first kappa shape index (κ1) is 22.2. The van der Waals surface area contributed by atoms with Crippen LogP contribution in [0.15, 0.2) is 54.6 Å². The third-order valence-corrected chi connectivity index (χ3v) is 4.03. The van der Waals surface area contributed by atoms with Crippen LogP contribution in [0.25, 0.3) is 0 Å². The molecule has 0 fully saturated rings. The fourth-order valence-corrected chi connectivity index (χ4v) is 2.60. The molecule has 156 valence electrons. The Morgan fingerprint density at radius 1 is 1.00 bits per heavy atom. The van der Waals surface area contributed by atoms with E-state index in [9.17, 15) is 22.8 Å². The molecule has 29 heavy (non-hydrogen) atoms. The van der Waals surface area contributed by atoms with Gasteiger partial charge in [-0.1, -0.05) is 42.5 Å². The highest BCUT2D eigenvalue weighted by Gasteiger charge is 2.31. The van der Waals surface area contributed by atoms with Crippen molar-refractivity contribution in [3.63, 3.8) is 0 Å². The maximum absolute atomic E-state index is 12.5. The average molecular weight is 409 g/mol. The minimum Gasteiger partial charge on any atom is -0.406 e. The molecule has 0 saturated carbocycles. The van der Waals surface area contributed by atoms with Gasteiger partial charge in [-0.3, -0.25) is 9.59 Å². The van der Waals surface area contributed by atoms with Gasteiger partial charge in [0, 0.05) is 6.54 Å². The van der Waals surface area contributed by atoms with E-state index < -0.39 is 24.2 Å². The second-order valence-electron chi connectivity index (χ2n) is 6.26. The number of rotatable bonds is 9. The van der Waals surface area contributed by atoms with Gasteiger partial charge >= 0.3 is 6.36 Å². The number of halogens is 3. The van der Waals surface area contributed by atoms with E-state index in [1.165, 1.54) is 12.1 Å². The molecule has 9 heteroatoms. The Kier molecular flexibility index (Phi) is 8.02. The Labute approximate surface area is 166 Å². The first-order valence-corrected chi connectivity index (χ1v) is 8.92. The lowest BCUT2D eigenvalue weighted by Crippen LogP contribution is -2.48. The third kappa shape index (κ3) is 8.22. The van der Waals surface area contributed by atoms with E-state index in [4.69, 9.17) is 5.73 Å². The second-order valence-corrected chi connectivity index (χ2v) is 6.26. The minimum atomic E-state index is -4.76. The lowest BCUT2D eigenvalue weighted by Gasteiger charge is -2.18. The first-order valence-electron chi connectivity index (χ1n) is 8.92. The normalized spacial score (nSPS) is 12.1. The second kappa shape index (κ2) is 10.5. The van der Waals surface area contributed by atoms with E-state index in [0.29, 0.717) is 18.4 Å². The highest BCUT2D eigenvalue weighted by molar-refractivity contribution is 5.88. The van der Waals surface area contributed by atoms with Crippen molar-refractivity contribution in [2.45, 2.75) is 31.8 Å². The van der Waals surface area contributed by atoms with Crippen LogP contribution in [0.5, 0.6) is 5.75 Å². The van der Waals surface area contributed by atoms with Gasteiger partial charge in [0.1, 0.15) is 11.8 Å². The maximum Gasteiger partial charge on any atom is 0.573 e. The molecule has 0 spiro atoms. The number of nitrogens with one attached hydrogen (secondary N) is 2. The van der Waals surface area contributed by atoms with E-state index >= 15 is 0 Å². The summed E-state index contributed by atoms with van der Waals surface area (Å²) < 4.78 is 40.4. The van der Waals surface area contributed by atoms with E-state index in [-0.39, 0.29) is 18.8 Å². The summed E-state index contributed by atoms with van der Waals surface area (Å²) in [6.07, 6.45) is -3.81. The zero-order chi connectivity index (χ0) is 21.3. The Balaban J connectivity index is 1.93. The van der Waals surface area contributed by atoms with E-state index in [0.717, 1.165) is 17.7 Å². The Morgan fingerprint density at radius 3 is 2.24 bits per heavy atom. The summed E-state index contributed by atoms with van der Waals surface area (Å²) in [5.41, 5.74) is 6.92. The van der Waals surface area contributed by atoms with Gasteiger partial charge in [-0.05, 0) is 36.1 Å². The molecule has 4 N–H and O–H groups in total. The molecule has 2 aromatic rings. The molecule has 0 bridgehead atoms. The average Bonchev–Trinajstić information content (AvgIpc) is 2.69. The van der Waals surface area contributed by atoms with Gasteiger partial charge in [-0.15, -0.1) is 13.2 Å². The first-order chi connectivity index (χ1) is 13.8. The number of alkyl halides is 3. The van der Waals surface area contributed by atoms with Crippen molar-refractivity contribution in [3.8, 4) is 5.75 Å². The lowest BCUT2D eigenvalue weighted by atomic mass is 10.0. The molecule has 0 aromatic heterocycles. The molecule has 0 radical (unpaired) electrons. The van der Waals surface area contributed by atoms with Gasteiger partial charge in [0.15, 0.2) is 0 Å². The SMILES string of the molecule is NCC(=O)NC(CCc1ccccc1)C(=O)NCc1ccc(OC(F)(F)F)cc1. The summed E-state index contributed by atoms with van der Waals surface area (Å²) in [6, 6.07) is 13.9. The molecule has 0 saturated heterocycles. The highest BCUT2D eigenvalue weighted by Crippen LogP contribution is 2.22. The van der Waals surface area contributed by atoms with Crippen molar-refractivity contribution in [3.05, 3.63) is 65.7 Å². The van der Waals surface area contributed by atoms with Crippen LogP contribution in [0, 0.1) is 0 Å². The highest BCUT2D eigenvalue weighted by atomic mass is 19.4. The molecular formula is C20H22F3N3O3. The quantitative estimate of drug-likeness (QED) is 0.592. The Morgan fingerprint density at radius 2 is 1.66 bits per heavy atom. The van der Waals surface area contributed by atoms with Crippen LogP contribution in [0.4, 0.5) is 13.2 Å². The van der Waals surface area contributed by atoms with Crippen LogP contribution < -0.4 is 21.1 Å². The number of ether oxygens (including phenoxy) is 1. The fourth-order valence-electron chi connectivity index (χ4n) is 2.60. The smallest absolute Gasteiger partial charge is 0.406 e. The largest absolute Gasteiger partial charge is 0.573 e. The topological polar surface area (TPSA) is 93.5 Å². The predicted molar refractivity (Wildman–Crippen MR) is 101 cm³/mol. The van der Waals surface area contributed by atoms with Crippen molar-refractivity contribution in [2.24, 2.45) is 5.73 Å². The van der Waals surface area contributed by atoms with Crippen LogP contribution in [-0.2, 0) is 22.6 Å². The number of carbonyl (C=O) groups excluding carboxylic acids is 2. The third-order valence-electron chi connectivity index (χ3n) is 4.03. The molecule has 0 aliphatic heterocycles. The monoisotopic (exact) mass is 409 g/mol. The Bertz CT molecular complexity index is 796. The number of carbonyl (C=O) groups is 2. The van der Waals surface area contributed by atoms with Gasteiger partial charge in [0.25, 0.3) is 0 Å². The summed E-state index contributed by atoms with van der Waals surface area (Å²) >= 11 is 0. The Hall–Kier alpha value is -3.07. The van der Waals surface area contributed by atoms with Crippen molar-refractivity contribution in [1.82, 2.24) is 10.6 Å². The predicted octanol–water partition coefficient (Wildman–Crippen LogP) is 2.28. The molecule has 0 aliphatic rings. The molecule has 1 unspecified atom stereocenters. The lowest BCUT2D eigenvalue weighted by molar-refractivity contribution is -0.274. The molecule has 1 atom stereocenters. The van der Waals surface area contributed by atoms with Crippen molar-refractivity contribution < 1.29 is 27.5 Å². The van der Waals surface area contributed by atoms with Crippen molar-refractivity contribution in [1.29, 1.82) is 0 Å². The zero-order valence-electron chi connectivity index (χ0n) is 15.5. The van der Waals surface area contributed by atoms with E-state index in [1.807, 2.05) is 30.3 Å².